The van der Waals surface area contributed by atoms with Crippen molar-refractivity contribution in [2.45, 2.75) is 52.9 Å². The summed E-state index contributed by atoms with van der Waals surface area (Å²) >= 11 is 5.23. The third-order valence-electron chi connectivity index (χ3n) is 4.73. The summed E-state index contributed by atoms with van der Waals surface area (Å²) in [4.78, 5) is 14.0. The van der Waals surface area contributed by atoms with Gasteiger partial charge in [0, 0.05) is 28.7 Å². The highest BCUT2D eigenvalue weighted by Crippen LogP contribution is 2.26. The van der Waals surface area contributed by atoms with Crippen LogP contribution in [0.2, 0.25) is 0 Å². The van der Waals surface area contributed by atoms with Crippen molar-refractivity contribution in [2.24, 2.45) is 0 Å². The fourth-order valence-corrected chi connectivity index (χ4v) is 4.26. The van der Waals surface area contributed by atoms with E-state index in [1.807, 2.05) is 12.4 Å². The maximum atomic E-state index is 4.81. The quantitative estimate of drug-likeness (QED) is 0.450. The average molecular weight is 444 g/mol. The molecule has 0 aliphatic rings. The van der Waals surface area contributed by atoms with Gasteiger partial charge in [-0.05, 0) is 42.5 Å². The number of hydrogen-bond acceptors (Lipinski definition) is 4. The predicted molar refractivity (Wildman–Crippen MR) is 118 cm³/mol. The molecule has 0 atom stereocenters. The number of benzene rings is 1. The molecule has 2 heterocycles. The minimum Gasteiger partial charge on any atom is -0.257 e. The van der Waals surface area contributed by atoms with E-state index in [0.29, 0.717) is 0 Å². The van der Waals surface area contributed by atoms with Crippen molar-refractivity contribution in [3.05, 3.63) is 62.9 Å². The van der Waals surface area contributed by atoms with Gasteiger partial charge in [0.1, 0.15) is 11.4 Å². The monoisotopic (exact) mass is 443 g/mol. The third kappa shape index (κ3) is 4.82. The molecule has 0 amide bonds. The Morgan fingerprint density at radius 1 is 0.963 bits per heavy atom. The normalized spacial score (nSPS) is 11.8. The van der Waals surface area contributed by atoms with Gasteiger partial charge in [0.2, 0.25) is 0 Å². The molecule has 0 N–H and O–H groups in total. The van der Waals surface area contributed by atoms with Crippen LogP contribution in [-0.4, -0.2) is 20.3 Å². The van der Waals surface area contributed by atoms with E-state index >= 15 is 0 Å². The topological polar surface area (TPSA) is 38.7 Å². The lowest BCUT2D eigenvalue weighted by Gasteiger charge is -2.16. The first-order chi connectivity index (χ1) is 12.8. The molecule has 0 aliphatic carbocycles. The van der Waals surface area contributed by atoms with Crippen LogP contribution in [0.5, 0.6) is 0 Å². The van der Waals surface area contributed by atoms with Gasteiger partial charge in [-0.2, -0.15) is 0 Å². The van der Waals surface area contributed by atoms with Crippen molar-refractivity contribution in [2.75, 3.05) is 5.33 Å². The molecule has 0 saturated heterocycles. The van der Waals surface area contributed by atoms with Gasteiger partial charge in [-0.1, -0.05) is 48.8 Å². The lowest BCUT2D eigenvalue weighted by Crippen LogP contribution is -2.13. The zero-order valence-electron chi connectivity index (χ0n) is 16.6. The van der Waals surface area contributed by atoms with Crippen LogP contribution >= 0.6 is 27.3 Å². The summed E-state index contributed by atoms with van der Waals surface area (Å²) in [5.74, 6) is 0. The number of nitrogens with zero attached hydrogens (tertiary/aromatic N) is 3. The van der Waals surface area contributed by atoms with Crippen molar-refractivity contribution in [1.82, 2.24) is 15.0 Å². The molecule has 0 unspecified atom stereocenters. The minimum atomic E-state index is 0.00906. The van der Waals surface area contributed by atoms with E-state index in [4.69, 9.17) is 4.98 Å². The Kier molecular flexibility index (Phi) is 6.11. The summed E-state index contributed by atoms with van der Waals surface area (Å²) in [5, 5.41) is 4.19. The minimum absolute atomic E-state index is 0.00906. The number of hydrogen-bond donors (Lipinski definition) is 0. The Morgan fingerprint density at radius 3 is 2.30 bits per heavy atom. The summed E-state index contributed by atoms with van der Waals surface area (Å²) in [7, 11) is 0. The summed E-state index contributed by atoms with van der Waals surface area (Å²) in [6.45, 7) is 10.8. The predicted octanol–water partition coefficient (Wildman–Crippen LogP) is 6.04. The van der Waals surface area contributed by atoms with Crippen LogP contribution in [0, 0.1) is 13.8 Å². The van der Waals surface area contributed by atoms with Crippen molar-refractivity contribution >= 4 is 27.3 Å². The Balaban J connectivity index is 1.79. The maximum absolute atomic E-state index is 4.81. The molecule has 5 heteroatoms. The molecule has 3 aromatic rings. The molecule has 3 nitrogen and oxygen atoms in total. The molecule has 142 valence electrons. The molecular weight excluding hydrogens is 418 g/mol. The highest BCUT2D eigenvalue weighted by molar-refractivity contribution is 9.09. The van der Waals surface area contributed by atoms with Gasteiger partial charge in [-0.15, -0.1) is 11.3 Å². The van der Waals surface area contributed by atoms with Crippen LogP contribution < -0.4 is 0 Å². The molecule has 2 aromatic heterocycles. The summed E-state index contributed by atoms with van der Waals surface area (Å²) in [6.07, 6.45) is 5.63. The summed E-state index contributed by atoms with van der Waals surface area (Å²) < 4.78 is 0. The Morgan fingerprint density at radius 2 is 1.67 bits per heavy atom. The van der Waals surface area contributed by atoms with Gasteiger partial charge in [-0.25, -0.2) is 4.98 Å². The largest absolute Gasteiger partial charge is 0.257 e. The molecule has 0 radical (unpaired) electrons. The molecule has 1 aromatic carbocycles. The van der Waals surface area contributed by atoms with Crippen molar-refractivity contribution < 1.29 is 0 Å². The van der Waals surface area contributed by atoms with E-state index in [2.05, 4.69) is 78.0 Å². The fourth-order valence-electron chi connectivity index (χ4n) is 3.02. The van der Waals surface area contributed by atoms with Crippen LogP contribution in [0.3, 0.4) is 0 Å². The molecule has 0 spiro atoms. The van der Waals surface area contributed by atoms with Crippen LogP contribution in [-0.2, 0) is 18.3 Å². The van der Waals surface area contributed by atoms with Crippen LogP contribution in [0.15, 0.2) is 29.9 Å². The van der Waals surface area contributed by atoms with Gasteiger partial charge in [0.05, 0.1) is 16.9 Å². The van der Waals surface area contributed by atoms with Gasteiger partial charge < -0.3 is 0 Å². The zero-order valence-corrected chi connectivity index (χ0v) is 19.0. The first-order valence-corrected chi connectivity index (χ1v) is 11.2. The van der Waals surface area contributed by atoms with Crippen LogP contribution in [0.25, 0.3) is 11.4 Å². The number of halogens is 1. The number of thiazole rings is 1. The summed E-state index contributed by atoms with van der Waals surface area (Å²) in [6, 6.07) is 4.63. The molecule has 0 saturated carbocycles. The van der Waals surface area contributed by atoms with E-state index in [-0.39, 0.29) is 5.41 Å². The van der Waals surface area contributed by atoms with E-state index in [1.165, 1.54) is 22.3 Å². The van der Waals surface area contributed by atoms with Crippen LogP contribution in [0.1, 0.15) is 53.7 Å². The molecule has 0 aliphatic heterocycles. The Hall–Kier alpha value is -1.59. The SMILES string of the molecule is Cc1cc(Cc2nc(-c3cnc(C(C)(C)C)cn3)cs2)c(C)cc1CCBr. The molecule has 0 fully saturated rings. The zero-order chi connectivity index (χ0) is 19.6. The third-order valence-corrected chi connectivity index (χ3v) is 5.98. The Labute approximate surface area is 174 Å². The van der Waals surface area contributed by atoms with E-state index in [1.54, 1.807) is 11.3 Å². The standard InChI is InChI=1S/C22H26BrN3S/c1-14-9-17(15(2)8-16(14)6-7-23)10-21-26-19(13-27-21)18-11-25-20(12-24-18)22(3,4)5/h8-9,11-13H,6-7,10H2,1-5H3. The van der Waals surface area contributed by atoms with E-state index in [9.17, 15) is 0 Å². The van der Waals surface area contributed by atoms with Gasteiger partial charge in [-0.3, -0.25) is 9.97 Å². The van der Waals surface area contributed by atoms with Gasteiger partial charge in [0.25, 0.3) is 0 Å². The van der Waals surface area contributed by atoms with Crippen molar-refractivity contribution in [1.29, 1.82) is 0 Å². The van der Waals surface area contributed by atoms with Crippen molar-refractivity contribution in [3.63, 3.8) is 0 Å². The molecular formula is C22H26BrN3S. The number of aromatic nitrogens is 3. The highest BCUT2D eigenvalue weighted by Gasteiger charge is 2.16. The molecule has 0 bridgehead atoms. The second-order valence-electron chi connectivity index (χ2n) is 7.98. The first kappa shape index (κ1) is 20.2. The summed E-state index contributed by atoms with van der Waals surface area (Å²) in [5.41, 5.74) is 8.21. The highest BCUT2D eigenvalue weighted by atomic mass is 79.9. The van der Waals surface area contributed by atoms with Crippen LogP contribution in [0.4, 0.5) is 0 Å². The second-order valence-corrected chi connectivity index (χ2v) is 9.72. The smallest absolute Gasteiger partial charge is 0.108 e. The Bertz CT molecular complexity index is 924. The van der Waals surface area contributed by atoms with E-state index < -0.39 is 0 Å². The second kappa shape index (κ2) is 8.19. The average Bonchev–Trinajstić information content (AvgIpc) is 3.07. The molecule has 3 rings (SSSR count). The van der Waals surface area contributed by atoms with Gasteiger partial charge >= 0.3 is 0 Å². The van der Waals surface area contributed by atoms with Gasteiger partial charge in [0.15, 0.2) is 0 Å². The number of aryl methyl sites for hydroxylation is 3. The lowest BCUT2D eigenvalue weighted by molar-refractivity contribution is 0.565. The lowest BCUT2D eigenvalue weighted by atomic mass is 9.93. The maximum Gasteiger partial charge on any atom is 0.108 e. The first-order valence-electron chi connectivity index (χ1n) is 9.20. The fraction of sp³-hybridized carbons (Fsp3) is 0.409. The molecule has 27 heavy (non-hydrogen) atoms. The number of alkyl halides is 1. The van der Waals surface area contributed by atoms with Crippen molar-refractivity contribution in [3.8, 4) is 11.4 Å². The number of rotatable bonds is 5. The van der Waals surface area contributed by atoms with E-state index in [0.717, 1.165) is 40.3 Å².